The average molecular weight is 268 g/mol. The number of hydrogen-bond acceptors (Lipinski definition) is 2. The number of aromatic carboxylic acids is 1. The van der Waals surface area contributed by atoms with Crippen LogP contribution in [0.15, 0.2) is 18.2 Å². The lowest BCUT2D eigenvalue weighted by Crippen LogP contribution is -2.56. The Morgan fingerprint density at radius 1 is 1.39 bits per heavy atom. The number of nitrogens with zero attached hydrogens (tertiary/aromatic N) is 1. The quantitative estimate of drug-likeness (QED) is 0.905. The second-order valence-electron chi connectivity index (χ2n) is 5.03. The molecule has 18 heavy (non-hydrogen) atoms. The number of carboxylic acid groups (broad SMARTS) is 1. The van der Waals surface area contributed by atoms with Gasteiger partial charge in [0.15, 0.2) is 0 Å². The number of carboxylic acids is 1. The summed E-state index contributed by atoms with van der Waals surface area (Å²) in [5.74, 6) is -0.911. The zero-order valence-electron chi connectivity index (χ0n) is 10.7. The van der Waals surface area contributed by atoms with Gasteiger partial charge >= 0.3 is 5.97 Å². The van der Waals surface area contributed by atoms with E-state index in [-0.39, 0.29) is 0 Å². The van der Waals surface area contributed by atoms with Crippen molar-refractivity contribution in [2.45, 2.75) is 26.7 Å². The van der Waals surface area contributed by atoms with Gasteiger partial charge in [0.25, 0.3) is 0 Å². The maximum Gasteiger partial charge on any atom is 0.335 e. The Hall–Kier alpha value is -1.22. The molecule has 1 fully saturated rings. The Morgan fingerprint density at radius 3 is 2.50 bits per heavy atom. The molecule has 98 valence electrons. The molecule has 1 aromatic rings. The highest BCUT2D eigenvalue weighted by Crippen LogP contribution is 2.42. The summed E-state index contributed by atoms with van der Waals surface area (Å²) in [6, 6.07) is 4.87. The van der Waals surface area contributed by atoms with Crippen molar-refractivity contribution in [2.75, 3.05) is 18.0 Å². The summed E-state index contributed by atoms with van der Waals surface area (Å²) in [4.78, 5) is 13.1. The Bertz CT molecular complexity index is 461. The molecule has 1 aromatic carbocycles. The zero-order chi connectivity index (χ0) is 13.3. The molecule has 0 unspecified atom stereocenters. The standard InChI is InChI=1S/C14H18ClNO2/c1-3-14(4-2)8-16(9-14)12-7-10(13(17)18)5-6-11(12)15/h5-7H,3-4,8-9H2,1-2H3,(H,17,18). The molecule has 1 aliphatic heterocycles. The maximum absolute atomic E-state index is 11.0. The molecule has 0 bridgehead atoms. The Balaban J connectivity index is 2.21. The molecular formula is C14H18ClNO2. The molecule has 1 N–H and O–H groups in total. The van der Waals surface area contributed by atoms with Crippen LogP contribution >= 0.6 is 11.6 Å². The smallest absolute Gasteiger partial charge is 0.335 e. The highest BCUT2D eigenvalue weighted by atomic mass is 35.5. The van der Waals surface area contributed by atoms with Crippen LogP contribution in [-0.2, 0) is 0 Å². The van der Waals surface area contributed by atoms with Crippen molar-refractivity contribution in [3.05, 3.63) is 28.8 Å². The van der Waals surface area contributed by atoms with Crippen molar-refractivity contribution in [3.63, 3.8) is 0 Å². The Kier molecular flexibility index (Phi) is 3.53. The first-order valence-electron chi connectivity index (χ1n) is 6.29. The molecule has 2 rings (SSSR count). The largest absolute Gasteiger partial charge is 0.478 e. The third-order valence-corrected chi connectivity index (χ3v) is 4.41. The van der Waals surface area contributed by atoms with Crippen LogP contribution in [0.4, 0.5) is 5.69 Å². The van der Waals surface area contributed by atoms with E-state index in [2.05, 4.69) is 18.7 Å². The monoisotopic (exact) mass is 267 g/mol. The van der Waals surface area contributed by atoms with Gasteiger partial charge in [-0.2, -0.15) is 0 Å². The minimum atomic E-state index is -0.911. The number of benzene rings is 1. The van der Waals surface area contributed by atoms with E-state index in [1.165, 1.54) is 0 Å². The molecule has 0 spiro atoms. The van der Waals surface area contributed by atoms with E-state index < -0.39 is 5.97 Å². The predicted octanol–water partition coefficient (Wildman–Crippen LogP) is 3.66. The van der Waals surface area contributed by atoms with Crippen LogP contribution < -0.4 is 4.90 Å². The normalized spacial score (nSPS) is 17.4. The zero-order valence-corrected chi connectivity index (χ0v) is 11.5. The van der Waals surface area contributed by atoms with Gasteiger partial charge in [0.1, 0.15) is 0 Å². The molecule has 4 heteroatoms. The van der Waals surface area contributed by atoms with Gasteiger partial charge in [-0.05, 0) is 31.0 Å². The predicted molar refractivity (Wildman–Crippen MR) is 73.6 cm³/mol. The van der Waals surface area contributed by atoms with Crippen molar-refractivity contribution < 1.29 is 9.90 Å². The van der Waals surface area contributed by atoms with Gasteiger partial charge in [-0.1, -0.05) is 25.4 Å². The van der Waals surface area contributed by atoms with Crippen molar-refractivity contribution in [1.82, 2.24) is 0 Å². The number of halogens is 1. The molecular weight excluding hydrogens is 250 g/mol. The Morgan fingerprint density at radius 2 is 2.00 bits per heavy atom. The van der Waals surface area contributed by atoms with Gasteiger partial charge in [0.2, 0.25) is 0 Å². The summed E-state index contributed by atoms with van der Waals surface area (Å²) < 4.78 is 0. The topological polar surface area (TPSA) is 40.5 Å². The fourth-order valence-electron chi connectivity index (χ4n) is 2.52. The lowest BCUT2D eigenvalue weighted by Gasteiger charge is -2.51. The summed E-state index contributed by atoms with van der Waals surface area (Å²) in [5.41, 5.74) is 1.51. The van der Waals surface area contributed by atoms with Crippen LogP contribution in [0.25, 0.3) is 0 Å². The van der Waals surface area contributed by atoms with E-state index in [4.69, 9.17) is 16.7 Å². The van der Waals surface area contributed by atoms with Gasteiger partial charge in [0.05, 0.1) is 16.3 Å². The van der Waals surface area contributed by atoms with Gasteiger partial charge in [-0.15, -0.1) is 0 Å². The molecule has 0 aliphatic carbocycles. The lowest BCUT2D eigenvalue weighted by atomic mass is 9.75. The van der Waals surface area contributed by atoms with E-state index in [0.29, 0.717) is 16.0 Å². The number of hydrogen-bond donors (Lipinski definition) is 1. The molecule has 0 atom stereocenters. The van der Waals surface area contributed by atoms with Crippen molar-refractivity contribution in [1.29, 1.82) is 0 Å². The van der Waals surface area contributed by atoms with E-state index in [1.54, 1.807) is 18.2 Å². The van der Waals surface area contributed by atoms with Gasteiger partial charge in [0, 0.05) is 18.5 Å². The first-order chi connectivity index (χ1) is 8.51. The second-order valence-corrected chi connectivity index (χ2v) is 5.44. The van der Waals surface area contributed by atoms with Crippen LogP contribution in [0.5, 0.6) is 0 Å². The SMILES string of the molecule is CCC1(CC)CN(c2cc(C(=O)O)ccc2Cl)C1. The van der Waals surface area contributed by atoms with Crippen molar-refractivity contribution in [3.8, 4) is 0 Å². The Labute approximate surface area is 112 Å². The second kappa shape index (κ2) is 4.81. The van der Waals surface area contributed by atoms with Crippen LogP contribution in [0.3, 0.4) is 0 Å². The van der Waals surface area contributed by atoms with Crippen molar-refractivity contribution in [2.24, 2.45) is 5.41 Å². The number of anilines is 1. The molecule has 0 aromatic heterocycles. The minimum Gasteiger partial charge on any atom is -0.478 e. The fourth-order valence-corrected chi connectivity index (χ4v) is 2.76. The fraction of sp³-hybridized carbons (Fsp3) is 0.500. The van der Waals surface area contributed by atoms with Gasteiger partial charge < -0.3 is 10.0 Å². The highest BCUT2D eigenvalue weighted by molar-refractivity contribution is 6.33. The van der Waals surface area contributed by atoms with Crippen LogP contribution in [-0.4, -0.2) is 24.2 Å². The van der Waals surface area contributed by atoms with E-state index in [1.807, 2.05) is 0 Å². The molecule has 1 saturated heterocycles. The molecule has 1 aliphatic rings. The molecule has 0 amide bonds. The average Bonchev–Trinajstić information content (AvgIpc) is 2.30. The van der Waals surface area contributed by atoms with E-state index >= 15 is 0 Å². The molecule has 3 nitrogen and oxygen atoms in total. The summed E-state index contributed by atoms with van der Waals surface area (Å²) >= 11 is 6.15. The summed E-state index contributed by atoms with van der Waals surface area (Å²) in [6.45, 7) is 6.33. The lowest BCUT2D eigenvalue weighted by molar-refractivity contribution is 0.0697. The highest BCUT2D eigenvalue weighted by Gasteiger charge is 2.40. The van der Waals surface area contributed by atoms with Crippen LogP contribution in [0, 0.1) is 5.41 Å². The molecule has 0 saturated carbocycles. The van der Waals surface area contributed by atoms with E-state index in [0.717, 1.165) is 31.6 Å². The first kappa shape index (κ1) is 13.2. The van der Waals surface area contributed by atoms with Gasteiger partial charge in [-0.3, -0.25) is 0 Å². The number of carbonyl (C=O) groups is 1. The number of rotatable bonds is 4. The molecule has 1 heterocycles. The minimum absolute atomic E-state index is 0.292. The first-order valence-corrected chi connectivity index (χ1v) is 6.67. The molecule has 0 radical (unpaired) electrons. The van der Waals surface area contributed by atoms with Gasteiger partial charge in [-0.25, -0.2) is 4.79 Å². The third kappa shape index (κ3) is 2.19. The summed E-state index contributed by atoms with van der Waals surface area (Å²) in [5, 5.41) is 9.63. The van der Waals surface area contributed by atoms with Crippen LogP contribution in [0.1, 0.15) is 37.0 Å². The summed E-state index contributed by atoms with van der Waals surface area (Å²) in [7, 11) is 0. The third-order valence-electron chi connectivity index (χ3n) is 4.09. The summed E-state index contributed by atoms with van der Waals surface area (Å²) in [6.07, 6.45) is 2.30. The maximum atomic E-state index is 11.0. The van der Waals surface area contributed by atoms with Crippen molar-refractivity contribution >= 4 is 23.3 Å². The van der Waals surface area contributed by atoms with E-state index in [9.17, 15) is 4.79 Å². The van der Waals surface area contributed by atoms with Crippen LogP contribution in [0.2, 0.25) is 5.02 Å².